The third kappa shape index (κ3) is 4.63. The Kier molecular flexibility index (Phi) is 5.51. The van der Waals surface area contributed by atoms with E-state index < -0.39 is 0 Å². The van der Waals surface area contributed by atoms with Gasteiger partial charge in [-0.3, -0.25) is 4.90 Å². The van der Waals surface area contributed by atoms with E-state index in [2.05, 4.69) is 34.7 Å². The van der Waals surface area contributed by atoms with Crippen LogP contribution in [-0.2, 0) is 4.74 Å². The molecular weight excluding hydrogens is 330 g/mol. The summed E-state index contributed by atoms with van der Waals surface area (Å²) in [5, 5.41) is 0.704. The molecule has 3 nitrogen and oxygen atoms in total. The van der Waals surface area contributed by atoms with E-state index in [0.29, 0.717) is 23.8 Å². The summed E-state index contributed by atoms with van der Waals surface area (Å²) in [4.78, 5) is 2.38. The molecule has 1 aliphatic heterocycles. The van der Waals surface area contributed by atoms with Crippen molar-refractivity contribution in [1.82, 2.24) is 4.90 Å². The molecule has 2 rings (SSSR count). The number of ether oxygens (including phenoxy) is 2. The van der Waals surface area contributed by atoms with Crippen LogP contribution in [0.1, 0.15) is 13.8 Å². The Labute approximate surface area is 128 Å². The Morgan fingerprint density at radius 2 is 2.05 bits per heavy atom. The van der Waals surface area contributed by atoms with E-state index in [1.807, 2.05) is 18.2 Å². The van der Waals surface area contributed by atoms with Crippen molar-refractivity contribution in [3.05, 3.63) is 27.7 Å². The van der Waals surface area contributed by atoms with Crippen molar-refractivity contribution in [3.8, 4) is 5.75 Å². The fourth-order valence-electron chi connectivity index (χ4n) is 2.34. The summed E-state index contributed by atoms with van der Waals surface area (Å²) in [5.74, 6) is 0.832. The van der Waals surface area contributed by atoms with E-state index in [1.165, 1.54) is 0 Å². The molecular formula is C14H19BrClNO2. The monoisotopic (exact) mass is 347 g/mol. The average Bonchev–Trinajstić information content (AvgIpc) is 2.30. The minimum absolute atomic E-state index is 0.297. The van der Waals surface area contributed by atoms with Gasteiger partial charge in [0.15, 0.2) is 0 Å². The normalized spacial score (nSPS) is 24.4. The van der Waals surface area contributed by atoms with Gasteiger partial charge in [0, 0.05) is 24.7 Å². The number of hydrogen-bond donors (Lipinski definition) is 0. The van der Waals surface area contributed by atoms with Crippen molar-refractivity contribution in [3.63, 3.8) is 0 Å². The van der Waals surface area contributed by atoms with Gasteiger partial charge >= 0.3 is 0 Å². The Hall–Kier alpha value is -0.290. The standard InChI is InChI=1S/C14H19BrClNO2/c1-10-8-17(9-11(2)19-10)5-6-18-14-4-3-12(16)7-13(14)15/h3-4,7,10-11H,5-6,8-9H2,1-2H3. The van der Waals surface area contributed by atoms with Crippen LogP contribution in [-0.4, -0.2) is 43.3 Å². The maximum Gasteiger partial charge on any atom is 0.133 e. The Morgan fingerprint density at radius 1 is 1.37 bits per heavy atom. The molecule has 1 heterocycles. The second-order valence-corrected chi connectivity index (χ2v) is 6.23. The number of rotatable bonds is 4. The highest BCUT2D eigenvalue weighted by molar-refractivity contribution is 9.10. The molecule has 0 aromatic heterocycles. The zero-order valence-electron chi connectivity index (χ0n) is 11.2. The molecule has 5 heteroatoms. The van der Waals surface area contributed by atoms with Crippen molar-refractivity contribution in [1.29, 1.82) is 0 Å². The van der Waals surface area contributed by atoms with Crippen molar-refractivity contribution in [2.24, 2.45) is 0 Å². The van der Waals surface area contributed by atoms with Gasteiger partial charge in [-0.25, -0.2) is 0 Å². The molecule has 0 saturated carbocycles. The lowest BCUT2D eigenvalue weighted by Gasteiger charge is -2.35. The van der Waals surface area contributed by atoms with Gasteiger partial charge in [0.2, 0.25) is 0 Å². The topological polar surface area (TPSA) is 21.7 Å². The summed E-state index contributed by atoms with van der Waals surface area (Å²) < 4.78 is 12.4. The first-order valence-corrected chi connectivity index (χ1v) is 7.67. The summed E-state index contributed by atoms with van der Waals surface area (Å²) in [7, 11) is 0. The van der Waals surface area contributed by atoms with Gasteiger partial charge in [-0.2, -0.15) is 0 Å². The smallest absolute Gasteiger partial charge is 0.133 e. The second-order valence-electron chi connectivity index (χ2n) is 4.94. The van der Waals surface area contributed by atoms with Gasteiger partial charge in [0.1, 0.15) is 12.4 Å². The Bertz CT molecular complexity index is 420. The molecule has 0 bridgehead atoms. The first kappa shape index (κ1) is 15.1. The van der Waals surface area contributed by atoms with Crippen LogP contribution in [0.3, 0.4) is 0 Å². The molecule has 0 radical (unpaired) electrons. The highest BCUT2D eigenvalue weighted by Gasteiger charge is 2.21. The van der Waals surface area contributed by atoms with Crippen LogP contribution in [0.2, 0.25) is 5.02 Å². The summed E-state index contributed by atoms with van der Waals surface area (Å²) in [5.41, 5.74) is 0. The van der Waals surface area contributed by atoms with E-state index in [9.17, 15) is 0 Å². The largest absolute Gasteiger partial charge is 0.491 e. The number of nitrogens with zero attached hydrogens (tertiary/aromatic N) is 1. The summed E-state index contributed by atoms with van der Waals surface area (Å²) in [6.45, 7) is 7.73. The lowest BCUT2D eigenvalue weighted by atomic mass is 10.2. The number of hydrogen-bond acceptors (Lipinski definition) is 3. The minimum Gasteiger partial charge on any atom is -0.491 e. The van der Waals surface area contributed by atoms with Crippen LogP contribution in [0, 0.1) is 0 Å². The molecule has 0 aliphatic carbocycles. The van der Waals surface area contributed by atoms with E-state index in [-0.39, 0.29) is 0 Å². The number of benzene rings is 1. The van der Waals surface area contributed by atoms with Gasteiger partial charge < -0.3 is 9.47 Å². The highest BCUT2D eigenvalue weighted by atomic mass is 79.9. The highest BCUT2D eigenvalue weighted by Crippen LogP contribution is 2.27. The number of morpholine rings is 1. The van der Waals surface area contributed by atoms with Crippen LogP contribution in [0.4, 0.5) is 0 Å². The quantitative estimate of drug-likeness (QED) is 0.830. The van der Waals surface area contributed by atoms with Gasteiger partial charge in [-0.1, -0.05) is 11.6 Å². The van der Waals surface area contributed by atoms with E-state index >= 15 is 0 Å². The van der Waals surface area contributed by atoms with E-state index in [1.54, 1.807) is 0 Å². The minimum atomic E-state index is 0.297. The van der Waals surface area contributed by atoms with Gasteiger partial charge in [0.05, 0.1) is 16.7 Å². The molecule has 1 aliphatic rings. The third-order valence-electron chi connectivity index (χ3n) is 3.05. The molecule has 1 saturated heterocycles. The predicted octanol–water partition coefficient (Wildman–Crippen LogP) is 3.59. The number of halogens is 2. The van der Waals surface area contributed by atoms with Crippen LogP contribution in [0.25, 0.3) is 0 Å². The molecule has 2 unspecified atom stereocenters. The zero-order valence-corrected chi connectivity index (χ0v) is 13.6. The Balaban J connectivity index is 1.80. The van der Waals surface area contributed by atoms with Crippen LogP contribution < -0.4 is 4.74 Å². The van der Waals surface area contributed by atoms with Crippen molar-refractivity contribution in [2.45, 2.75) is 26.1 Å². The van der Waals surface area contributed by atoms with Crippen molar-refractivity contribution in [2.75, 3.05) is 26.2 Å². The van der Waals surface area contributed by atoms with E-state index in [4.69, 9.17) is 21.1 Å². The van der Waals surface area contributed by atoms with Gasteiger partial charge in [-0.15, -0.1) is 0 Å². The lowest BCUT2D eigenvalue weighted by molar-refractivity contribution is -0.0699. The first-order chi connectivity index (χ1) is 9.04. The molecule has 19 heavy (non-hydrogen) atoms. The van der Waals surface area contributed by atoms with Gasteiger partial charge in [0.25, 0.3) is 0 Å². The van der Waals surface area contributed by atoms with E-state index in [0.717, 1.165) is 29.9 Å². The lowest BCUT2D eigenvalue weighted by Crippen LogP contribution is -2.46. The summed E-state index contributed by atoms with van der Waals surface area (Å²) in [6, 6.07) is 5.56. The molecule has 1 aromatic carbocycles. The molecule has 1 aromatic rings. The fraction of sp³-hybridized carbons (Fsp3) is 0.571. The summed E-state index contributed by atoms with van der Waals surface area (Å²) >= 11 is 9.35. The summed E-state index contributed by atoms with van der Waals surface area (Å²) in [6.07, 6.45) is 0.594. The molecule has 0 spiro atoms. The molecule has 0 amide bonds. The predicted molar refractivity (Wildman–Crippen MR) is 81.1 cm³/mol. The van der Waals surface area contributed by atoms with Crippen LogP contribution >= 0.6 is 27.5 Å². The van der Waals surface area contributed by atoms with Crippen LogP contribution in [0.15, 0.2) is 22.7 Å². The maximum atomic E-state index is 5.90. The fourth-order valence-corrected chi connectivity index (χ4v) is 3.14. The maximum absolute atomic E-state index is 5.90. The third-order valence-corrected chi connectivity index (χ3v) is 3.91. The molecule has 106 valence electrons. The molecule has 2 atom stereocenters. The molecule has 0 N–H and O–H groups in total. The first-order valence-electron chi connectivity index (χ1n) is 6.50. The van der Waals surface area contributed by atoms with Crippen molar-refractivity contribution >= 4 is 27.5 Å². The van der Waals surface area contributed by atoms with Crippen molar-refractivity contribution < 1.29 is 9.47 Å². The average molecular weight is 349 g/mol. The second kappa shape index (κ2) is 6.93. The Morgan fingerprint density at radius 3 is 2.68 bits per heavy atom. The SMILES string of the molecule is CC1CN(CCOc2ccc(Cl)cc2Br)CC(C)O1. The molecule has 1 fully saturated rings. The van der Waals surface area contributed by atoms with Crippen LogP contribution in [0.5, 0.6) is 5.75 Å². The van der Waals surface area contributed by atoms with Gasteiger partial charge in [-0.05, 0) is 48.0 Å². The zero-order chi connectivity index (χ0) is 13.8.